The number of rotatable bonds is 4. The normalized spacial score (nSPS) is 10.1. The van der Waals surface area contributed by atoms with Gasteiger partial charge >= 0.3 is 5.97 Å². The van der Waals surface area contributed by atoms with Gasteiger partial charge in [-0.15, -0.1) is 22.7 Å². The van der Waals surface area contributed by atoms with Crippen LogP contribution in [0.2, 0.25) is 0 Å². The first-order chi connectivity index (χ1) is 10.5. The lowest BCUT2D eigenvalue weighted by atomic mass is 10.3. The van der Waals surface area contributed by atoms with Crippen molar-refractivity contribution in [2.75, 3.05) is 11.9 Å². The van der Waals surface area contributed by atoms with Crippen LogP contribution in [-0.4, -0.2) is 23.6 Å². The molecule has 0 unspecified atom stereocenters. The van der Waals surface area contributed by atoms with E-state index in [-0.39, 0.29) is 17.0 Å². The zero-order valence-corrected chi connectivity index (χ0v) is 14.4. The largest absolute Gasteiger partial charge is 0.462 e. The summed E-state index contributed by atoms with van der Waals surface area (Å²) in [7, 11) is 0. The number of esters is 1. The van der Waals surface area contributed by atoms with Gasteiger partial charge in [0.05, 0.1) is 16.5 Å². The predicted molar refractivity (Wildman–Crippen MR) is 93.0 cm³/mol. The van der Waals surface area contributed by atoms with E-state index in [4.69, 9.17) is 17.0 Å². The van der Waals surface area contributed by atoms with Crippen molar-refractivity contribution < 1.29 is 14.3 Å². The van der Waals surface area contributed by atoms with Crippen molar-refractivity contribution in [1.29, 1.82) is 0 Å². The molecule has 0 bridgehead atoms. The van der Waals surface area contributed by atoms with Crippen LogP contribution in [0, 0.1) is 6.92 Å². The van der Waals surface area contributed by atoms with Gasteiger partial charge in [0.25, 0.3) is 5.91 Å². The minimum absolute atomic E-state index is 0.190. The van der Waals surface area contributed by atoms with Crippen LogP contribution < -0.4 is 10.6 Å². The Labute approximate surface area is 141 Å². The Kier molecular flexibility index (Phi) is 5.64. The van der Waals surface area contributed by atoms with Gasteiger partial charge in [0.15, 0.2) is 5.11 Å². The van der Waals surface area contributed by atoms with E-state index < -0.39 is 0 Å². The second-order valence-corrected chi connectivity index (χ2v) is 6.64. The van der Waals surface area contributed by atoms with Crippen LogP contribution in [0.4, 0.5) is 5.00 Å². The zero-order valence-electron chi connectivity index (χ0n) is 12.0. The molecular weight excluding hydrogens is 340 g/mol. The van der Waals surface area contributed by atoms with Crippen molar-refractivity contribution in [2.45, 2.75) is 13.8 Å². The minimum atomic E-state index is -0.355. The Hall–Kier alpha value is -1.77. The third kappa shape index (κ3) is 4.12. The van der Waals surface area contributed by atoms with E-state index in [1.165, 1.54) is 22.7 Å². The van der Waals surface area contributed by atoms with Gasteiger partial charge in [0.1, 0.15) is 4.88 Å². The van der Waals surface area contributed by atoms with E-state index in [0.29, 0.717) is 21.4 Å². The molecule has 0 aliphatic heterocycles. The highest BCUT2D eigenvalue weighted by Crippen LogP contribution is 2.27. The topological polar surface area (TPSA) is 67.4 Å². The van der Waals surface area contributed by atoms with Crippen LogP contribution in [0.3, 0.4) is 0 Å². The molecule has 0 radical (unpaired) electrons. The number of carbonyl (C=O) groups excluding carboxylic acids is 2. The lowest BCUT2D eigenvalue weighted by Gasteiger charge is -2.06. The van der Waals surface area contributed by atoms with Gasteiger partial charge in [0.2, 0.25) is 0 Å². The highest BCUT2D eigenvalue weighted by molar-refractivity contribution is 7.80. The first-order valence-corrected chi connectivity index (χ1v) is 8.55. The molecule has 0 saturated heterocycles. The number of hydrogen-bond donors (Lipinski definition) is 2. The molecule has 2 N–H and O–H groups in total. The lowest BCUT2D eigenvalue weighted by molar-refractivity contribution is 0.0531. The van der Waals surface area contributed by atoms with Crippen molar-refractivity contribution in [1.82, 2.24) is 5.32 Å². The van der Waals surface area contributed by atoms with Crippen LogP contribution in [0.5, 0.6) is 0 Å². The van der Waals surface area contributed by atoms with E-state index in [2.05, 4.69) is 10.6 Å². The maximum atomic E-state index is 11.9. The summed E-state index contributed by atoms with van der Waals surface area (Å²) in [6.07, 6.45) is 0. The van der Waals surface area contributed by atoms with Crippen molar-refractivity contribution in [3.8, 4) is 0 Å². The molecule has 0 aliphatic rings. The highest BCUT2D eigenvalue weighted by atomic mass is 32.1. The summed E-state index contributed by atoms with van der Waals surface area (Å²) in [5.74, 6) is -0.613. The molecule has 1 amide bonds. The van der Waals surface area contributed by atoms with Gasteiger partial charge in [-0.25, -0.2) is 4.79 Å². The van der Waals surface area contributed by atoms with E-state index in [0.717, 1.165) is 5.56 Å². The number of nitrogens with one attached hydrogen (secondary N) is 2. The quantitative estimate of drug-likeness (QED) is 0.650. The molecule has 0 atom stereocenters. The summed E-state index contributed by atoms with van der Waals surface area (Å²) in [6, 6.07) is 5.31. The number of amides is 1. The maximum absolute atomic E-state index is 11.9. The summed E-state index contributed by atoms with van der Waals surface area (Å²) in [5, 5.41) is 8.19. The van der Waals surface area contributed by atoms with E-state index >= 15 is 0 Å². The van der Waals surface area contributed by atoms with Crippen LogP contribution >= 0.6 is 34.9 Å². The summed E-state index contributed by atoms with van der Waals surface area (Å²) in [5.41, 5.74) is 0.804. The first-order valence-electron chi connectivity index (χ1n) is 6.44. The number of thiocarbonyl (C=S) groups is 1. The average molecular weight is 354 g/mol. The van der Waals surface area contributed by atoms with Gasteiger partial charge in [-0.2, -0.15) is 0 Å². The third-order valence-electron chi connectivity index (χ3n) is 2.59. The average Bonchev–Trinajstić information content (AvgIpc) is 3.08. The van der Waals surface area contributed by atoms with Gasteiger partial charge in [-0.05, 0) is 49.1 Å². The van der Waals surface area contributed by atoms with Crippen molar-refractivity contribution in [3.05, 3.63) is 38.9 Å². The monoisotopic (exact) mass is 354 g/mol. The summed E-state index contributed by atoms with van der Waals surface area (Å²) in [4.78, 5) is 24.7. The first kappa shape index (κ1) is 16.6. The number of carbonyl (C=O) groups is 2. The fourth-order valence-electron chi connectivity index (χ4n) is 1.66. The Balaban J connectivity index is 1.99. The maximum Gasteiger partial charge on any atom is 0.348 e. The molecule has 22 heavy (non-hydrogen) atoms. The number of thiophene rings is 2. The molecular formula is C14H14N2O3S3. The van der Waals surface area contributed by atoms with E-state index in [9.17, 15) is 9.59 Å². The van der Waals surface area contributed by atoms with Crippen LogP contribution in [-0.2, 0) is 4.74 Å². The van der Waals surface area contributed by atoms with Crippen molar-refractivity contribution in [2.24, 2.45) is 0 Å². The van der Waals surface area contributed by atoms with Crippen LogP contribution in [0.25, 0.3) is 0 Å². The number of hydrogen-bond acceptors (Lipinski definition) is 6. The Morgan fingerprint density at radius 2 is 2.18 bits per heavy atom. The van der Waals surface area contributed by atoms with Gasteiger partial charge in [0, 0.05) is 0 Å². The molecule has 2 aromatic rings. The Morgan fingerprint density at radius 3 is 2.82 bits per heavy atom. The molecule has 0 aromatic carbocycles. The van der Waals surface area contributed by atoms with Crippen LogP contribution in [0.1, 0.15) is 31.8 Å². The van der Waals surface area contributed by atoms with Crippen LogP contribution in [0.15, 0.2) is 23.6 Å². The molecule has 0 fully saturated rings. The smallest absolute Gasteiger partial charge is 0.348 e. The summed E-state index contributed by atoms with van der Waals surface area (Å²) < 4.78 is 4.98. The highest BCUT2D eigenvalue weighted by Gasteiger charge is 2.16. The second-order valence-electron chi connectivity index (χ2n) is 4.23. The van der Waals surface area contributed by atoms with Crippen molar-refractivity contribution in [3.63, 3.8) is 0 Å². The molecule has 0 aliphatic carbocycles. The Morgan fingerprint density at radius 1 is 1.41 bits per heavy atom. The molecule has 116 valence electrons. The second kappa shape index (κ2) is 7.48. The fraction of sp³-hybridized carbons (Fsp3) is 0.214. The molecule has 0 saturated carbocycles. The summed E-state index contributed by atoms with van der Waals surface area (Å²) >= 11 is 7.68. The SMILES string of the molecule is CCOC(=O)c1sc(NC(=S)NC(=O)c2cccs2)cc1C. The van der Waals surface area contributed by atoms with Crippen molar-refractivity contribution >= 4 is 56.9 Å². The number of ether oxygens (including phenoxy) is 1. The molecule has 2 aromatic heterocycles. The predicted octanol–water partition coefficient (Wildman–Crippen LogP) is 3.42. The van der Waals surface area contributed by atoms with Gasteiger partial charge < -0.3 is 10.1 Å². The van der Waals surface area contributed by atoms with E-state index in [1.807, 2.05) is 12.3 Å². The molecule has 2 rings (SSSR count). The number of anilines is 1. The molecule has 0 spiro atoms. The fourth-order valence-corrected chi connectivity index (χ4v) is 3.52. The van der Waals surface area contributed by atoms with E-state index in [1.54, 1.807) is 25.1 Å². The molecule has 8 heteroatoms. The van der Waals surface area contributed by atoms with Gasteiger partial charge in [-0.1, -0.05) is 6.07 Å². The molecule has 5 nitrogen and oxygen atoms in total. The number of aryl methyl sites for hydroxylation is 1. The Bertz CT molecular complexity index is 692. The standard InChI is InChI=1S/C14H14N2O3S3/c1-3-19-13(18)11-8(2)7-10(22-11)15-14(20)16-12(17)9-5-4-6-21-9/h4-7H,3H2,1-2H3,(H2,15,16,17,20). The molecule has 2 heterocycles. The lowest BCUT2D eigenvalue weighted by Crippen LogP contribution is -2.33. The summed E-state index contributed by atoms with van der Waals surface area (Å²) in [6.45, 7) is 3.91. The third-order valence-corrected chi connectivity index (χ3v) is 4.79. The van der Waals surface area contributed by atoms with Gasteiger partial charge in [-0.3, -0.25) is 10.1 Å². The zero-order chi connectivity index (χ0) is 16.1. The minimum Gasteiger partial charge on any atom is -0.462 e.